The summed E-state index contributed by atoms with van der Waals surface area (Å²) in [6, 6.07) is 7.86. The molecule has 0 saturated heterocycles. The van der Waals surface area contributed by atoms with Crippen molar-refractivity contribution in [3.05, 3.63) is 28.7 Å². The predicted octanol–water partition coefficient (Wildman–Crippen LogP) is 2.44. The van der Waals surface area contributed by atoms with Gasteiger partial charge in [0, 0.05) is 16.7 Å². The third kappa shape index (κ3) is 6.28. The topological polar surface area (TPSA) is 47.6 Å². The quantitative estimate of drug-likeness (QED) is 0.621. The lowest BCUT2D eigenvalue weighted by Gasteiger charge is -2.07. The Hall–Kier alpha value is -1.07. The number of esters is 1. The van der Waals surface area contributed by atoms with Gasteiger partial charge in [-0.05, 0) is 31.2 Å². The molecule has 0 spiro atoms. The van der Waals surface area contributed by atoms with Crippen molar-refractivity contribution in [2.75, 3.05) is 31.7 Å². The van der Waals surface area contributed by atoms with Crippen LogP contribution in [0.15, 0.2) is 28.7 Å². The minimum atomic E-state index is -0.323. The summed E-state index contributed by atoms with van der Waals surface area (Å²) in [6.45, 7) is 3.29. The third-order valence-electron chi connectivity index (χ3n) is 1.94. The molecule has 1 rings (SSSR count). The van der Waals surface area contributed by atoms with Gasteiger partial charge in [0.15, 0.2) is 0 Å². The second-order valence-corrected chi connectivity index (χ2v) is 4.21. The second kappa shape index (κ2) is 8.08. The molecule has 0 aliphatic carbocycles. The third-order valence-corrected chi connectivity index (χ3v) is 2.47. The van der Waals surface area contributed by atoms with Crippen LogP contribution in [0.5, 0.6) is 0 Å². The number of hydrogen-bond acceptors (Lipinski definition) is 4. The Balaban J connectivity index is 2.08. The first-order chi connectivity index (χ1) is 8.22. The molecule has 1 N–H and O–H groups in total. The minimum Gasteiger partial charge on any atom is -0.464 e. The minimum absolute atomic E-state index is 0.00978. The molecule has 0 aromatic heterocycles. The molecule has 94 valence electrons. The normalized spacial score (nSPS) is 10.0. The summed E-state index contributed by atoms with van der Waals surface area (Å²) in [5.74, 6) is -0.323. The number of anilines is 1. The van der Waals surface area contributed by atoms with Crippen molar-refractivity contribution in [2.45, 2.75) is 6.92 Å². The zero-order valence-electron chi connectivity index (χ0n) is 9.74. The number of benzene rings is 1. The van der Waals surface area contributed by atoms with Crippen LogP contribution in [0, 0.1) is 0 Å². The summed E-state index contributed by atoms with van der Waals surface area (Å²) >= 11 is 3.37. The van der Waals surface area contributed by atoms with E-state index in [0.29, 0.717) is 19.8 Å². The van der Waals surface area contributed by atoms with E-state index in [-0.39, 0.29) is 12.6 Å². The summed E-state index contributed by atoms with van der Waals surface area (Å²) in [7, 11) is 0. The number of carbonyl (C=O) groups is 1. The van der Waals surface area contributed by atoms with Crippen LogP contribution in [0.3, 0.4) is 0 Å². The molecule has 0 bridgehead atoms. The number of rotatable bonds is 7. The Morgan fingerprint density at radius 1 is 1.35 bits per heavy atom. The number of halogens is 1. The SMILES string of the molecule is CCOC(=O)COCCNc1ccc(Br)cc1. The van der Waals surface area contributed by atoms with E-state index in [1.54, 1.807) is 6.92 Å². The summed E-state index contributed by atoms with van der Waals surface area (Å²) in [5.41, 5.74) is 1.02. The summed E-state index contributed by atoms with van der Waals surface area (Å²) < 4.78 is 10.9. The molecule has 0 aliphatic heterocycles. The highest BCUT2D eigenvalue weighted by molar-refractivity contribution is 9.10. The van der Waals surface area contributed by atoms with Crippen molar-refractivity contribution < 1.29 is 14.3 Å². The van der Waals surface area contributed by atoms with Crippen LogP contribution in [0.25, 0.3) is 0 Å². The molecular formula is C12H16BrNO3. The van der Waals surface area contributed by atoms with Crippen molar-refractivity contribution in [2.24, 2.45) is 0 Å². The van der Waals surface area contributed by atoms with Crippen molar-refractivity contribution >= 4 is 27.6 Å². The first-order valence-electron chi connectivity index (χ1n) is 5.45. The second-order valence-electron chi connectivity index (χ2n) is 3.29. The van der Waals surface area contributed by atoms with Gasteiger partial charge in [-0.25, -0.2) is 4.79 Å². The summed E-state index contributed by atoms with van der Waals surface area (Å²) in [6.07, 6.45) is 0. The van der Waals surface area contributed by atoms with Crippen molar-refractivity contribution in [1.82, 2.24) is 0 Å². The fourth-order valence-corrected chi connectivity index (χ4v) is 1.46. The molecule has 4 nitrogen and oxygen atoms in total. The Bertz CT molecular complexity index is 340. The van der Waals surface area contributed by atoms with Gasteiger partial charge in [0.1, 0.15) is 6.61 Å². The maximum absolute atomic E-state index is 10.9. The van der Waals surface area contributed by atoms with Crippen molar-refractivity contribution in [3.63, 3.8) is 0 Å². The maximum atomic E-state index is 10.9. The first-order valence-corrected chi connectivity index (χ1v) is 6.24. The van der Waals surface area contributed by atoms with E-state index < -0.39 is 0 Å². The molecule has 0 heterocycles. The Morgan fingerprint density at radius 3 is 2.71 bits per heavy atom. The van der Waals surface area contributed by atoms with Crippen LogP contribution >= 0.6 is 15.9 Å². The predicted molar refractivity (Wildman–Crippen MR) is 70.1 cm³/mol. The molecule has 0 fully saturated rings. The van der Waals surface area contributed by atoms with E-state index in [1.807, 2.05) is 24.3 Å². The molecule has 0 radical (unpaired) electrons. The largest absolute Gasteiger partial charge is 0.464 e. The van der Waals surface area contributed by atoms with Gasteiger partial charge in [-0.15, -0.1) is 0 Å². The van der Waals surface area contributed by atoms with Gasteiger partial charge in [-0.3, -0.25) is 0 Å². The monoisotopic (exact) mass is 301 g/mol. The van der Waals surface area contributed by atoms with Crippen molar-refractivity contribution in [1.29, 1.82) is 0 Å². The molecular weight excluding hydrogens is 286 g/mol. The number of hydrogen-bond donors (Lipinski definition) is 1. The van der Waals surface area contributed by atoms with E-state index in [0.717, 1.165) is 10.2 Å². The molecule has 0 amide bonds. The molecule has 1 aromatic carbocycles. The fraction of sp³-hybridized carbons (Fsp3) is 0.417. The van der Waals surface area contributed by atoms with Gasteiger partial charge >= 0.3 is 5.97 Å². The molecule has 0 atom stereocenters. The van der Waals surface area contributed by atoms with E-state index in [2.05, 4.69) is 21.2 Å². The van der Waals surface area contributed by atoms with Gasteiger partial charge in [-0.1, -0.05) is 15.9 Å². The van der Waals surface area contributed by atoms with Gasteiger partial charge in [0.2, 0.25) is 0 Å². The lowest BCUT2D eigenvalue weighted by atomic mass is 10.3. The Labute approximate surface area is 109 Å². The fourth-order valence-electron chi connectivity index (χ4n) is 1.19. The smallest absolute Gasteiger partial charge is 0.332 e. The highest BCUT2D eigenvalue weighted by Gasteiger charge is 2.00. The summed E-state index contributed by atoms with van der Waals surface area (Å²) in [4.78, 5) is 10.9. The van der Waals surface area contributed by atoms with Crippen LogP contribution in [0.4, 0.5) is 5.69 Å². The first kappa shape index (κ1) is 14.0. The molecule has 1 aromatic rings. The van der Waals surface area contributed by atoms with Crippen LogP contribution < -0.4 is 5.32 Å². The van der Waals surface area contributed by atoms with E-state index >= 15 is 0 Å². The molecule has 5 heteroatoms. The van der Waals surface area contributed by atoms with Gasteiger partial charge < -0.3 is 14.8 Å². The highest BCUT2D eigenvalue weighted by Crippen LogP contribution is 2.13. The molecule has 0 aliphatic rings. The molecule has 0 unspecified atom stereocenters. The van der Waals surface area contributed by atoms with Crippen LogP contribution in [0.1, 0.15) is 6.92 Å². The zero-order valence-corrected chi connectivity index (χ0v) is 11.3. The number of nitrogens with one attached hydrogen (secondary N) is 1. The van der Waals surface area contributed by atoms with E-state index in [1.165, 1.54) is 0 Å². The standard InChI is InChI=1S/C12H16BrNO3/c1-2-17-12(15)9-16-8-7-14-11-5-3-10(13)4-6-11/h3-6,14H,2,7-9H2,1H3. The average Bonchev–Trinajstić information content (AvgIpc) is 2.31. The van der Waals surface area contributed by atoms with Gasteiger partial charge in [-0.2, -0.15) is 0 Å². The number of ether oxygens (including phenoxy) is 2. The molecule has 17 heavy (non-hydrogen) atoms. The molecule has 0 saturated carbocycles. The summed E-state index contributed by atoms with van der Waals surface area (Å²) in [5, 5.41) is 3.18. The maximum Gasteiger partial charge on any atom is 0.332 e. The highest BCUT2D eigenvalue weighted by atomic mass is 79.9. The van der Waals surface area contributed by atoms with E-state index in [4.69, 9.17) is 9.47 Å². The van der Waals surface area contributed by atoms with Crippen LogP contribution in [-0.4, -0.2) is 32.3 Å². The Morgan fingerprint density at radius 2 is 2.06 bits per heavy atom. The average molecular weight is 302 g/mol. The van der Waals surface area contributed by atoms with Crippen LogP contribution in [0.2, 0.25) is 0 Å². The van der Waals surface area contributed by atoms with Gasteiger partial charge in [0.25, 0.3) is 0 Å². The van der Waals surface area contributed by atoms with Crippen LogP contribution in [-0.2, 0) is 14.3 Å². The van der Waals surface area contributed by atoms with Crippen molar-refractivity contribution in [3.8, 4) is 0 Å². The lowest BCUT2D eigenvalue weighted by Crippen LogP contribution is -2.16. The lowest BCUT2D eigenvalue weighted by molar-refractivity contribution is -0.148. The van der Waals surface area contributed by atoms with E-state index in [9.17, 15) is 4.79 Å². The Kier molecular flexibility index (Phi) is 6.65. The zero-order chi connectivity index (χ0) is 12.5. The van der Waals surface area contributed by atoms with Gasteiger partial charge in [0.05, 0.1) is 13.2 Å². The number of carbonyl (C=O) groups excluding carboxylic acids is 1.